The quantitative estimate of drug-likeness (QED) is 0.554. The van der Waals surface area contributed by atoms with Crippen LogP contribution in [0.25, 0.3) is 0 Å². The zero-order valence-corrected chi connectivity index (χ0v) is 18.2. The Bertz CT molecular complexity index is 781. The minimum absolute atomic E-state index is 0.221. The summed E-state index contributed by atoms with van der Waals surface area (Å²) in [7, 11) is 0. The molecule has 1 heterocycles. The lowest BCUT2D eigenvalue weighted by molar-refractivity contribution is -0.137. The topological polar surface area (TPSA) is 32.8 Å². The zero-order chi connectivity index (χ0) is 23.2. The third-order valence-electron chi connectivity index (χ3n) is 5.83. The Kier molecular flexibility index (Phi) is 6.30. The monoisotopic (exact) mass is 448 g/mol. The first-order chi connectivity index (χ1) is 14.2. The van der Waals surface area contributed by atoms with E-state index in [0.717, 1.165) is 12.1 Å². The third kappa shape index (κ3) is 5.67. The number of halogens is 5. The number of nitrogens with zero attached hydrogens (tertiary/aromatic N) is 2. The Labute approximate surface area is 179 Å². The number of rotatable bonds is 3. The predicted molar refractivity (Wildman–Crippen MR) is 106 cm³/mol. The van der Waals surface area contributed by atoms with E-state index in [1.807, 2.05) is 11.8 Å². The summed E-state index contributed by atoms with van der Waals surface area (Å²) < 4.78 is 71.5. The van der Waals surface area contributed by atoms with E-state index in [0.29, 0.717) is 25.2 Å². The molecule has 0 N–H and O–H groups in total. The molecule has 1 saturated carbocycles. The molecule has 1 aromatic rings. The molecular formula is C22H29F5N2O2. The molecule has 174 valence electrons. The first-order valence-corrected chi connectivity index (χ1v) is 10.4. The van der Waals surface area contributed by atoms with Crippen LogP contribution in [-0.4, -0.2) is 53.1 Å². The smallest absolute Gasteiger partial charge is 0.416 e. The van der Waals surface area contributed by atoms with Crippen molar-refractivity contribution in [1.29, 1.82) is 0 Å². The molecule has 4 nitrogen and oxygen atoms in total. The zero-order valence-electron chi connectivity index (χ0n) is 18.2. The van der Waals surface area contributed by atoms with Crippen molar-refractivity contribution < 1.29 is 31.5 Å². The van der Waals surface area contributed by atoms with Crippen molar-refractivity contribution in [3.8, 4) is 0 Å². The largest absolute Gasteiger partial charge is 0.444 e. The van der Waals surface area contributed by atoms with Crippen LogP contribution in [0.2, 0.25) is 0 Å². The number of hydrogen-bond donors (Lipinski definition) is 0. The normalized spacial score (nSPS) is 23.9. The summed E-state index contributed by atoms with van der Waals surface area (Å²) in [5.74, 6) is -3.09. The van der Waals surface area contributed by atoms with Crippen LogP contribution in [-0.2, 0) is 10.9 Å². The number of carbonyl (C=O) groups is 1. The molecular weight excluding hydrogens is 419 g/mol. The van der Waals surface area contributed by atoms with Crippen LogP contribution in [0.3, 0.4) is 0 Å². The number of carbonyl (C=O) groups excluding carboxylic acids is 1. The summed E-state index contributed by atoms with van der Waals surface area (Å²) >= 11 is 0. The molecule has 1 aliphatic heterocycles. The Morgan fingerprint density at radius 1 is 1.10 bits per heavy atom. The second kappa shape index (κ2) is 8.22. The molecule has 0 radical (unpaired) electrons. The number of alkyl halides is 5. The molecule has 2 aliphatic rings. The van der Waals surface area contributed by atoms with Gasteiger partial charge in [-0.15, -0.1) is 0 Å². The first kappa shape index (κ1) is 23.8. The van der Waals surface area contributed by atoms with Gasteiger partial charge in [0.2, 0.25) is 5.92 Å². The summed E-state index contributed by atoms with van der Waals surface area (Å²) in [5.41, 5.74) is -0.808. The summed E-state index contributed by atoms with van der Waals surface area (Å²) in [6, 6.07) is 4.12. The van der Waals surface area contributed by atoms with E-state index in [-0.39, 0.29) is 24.8 Å². The molecule has 1 aromatic carbocycles. The van der Waals surface area contributed by atoms with E-state index in [9.17, 15) is 26.7 Å². The van der Waals surface area contributed by atoms with Gasteiger partial charge in [0, 0.05) is 44.6 Å². The second-order valence-corrected chi connectivity index (χ2v) is 9.61. The maximum atomic E-state index is 13.6. The molecule has 0 bridgehead atoms. The van der Waals surface area contributed by atoms with Crippen LogP contribution in [0.5, 0.6) is 0 Å². The van der Waals surface area contributed by atoms with Gasteiger partial charge in [-0.25, -0.2) is 13.6 Å². The Morgan fingerprint density at radius 3 is 2.13 bits per heavy atom. The number of piperazine rings is 1. The molecule has 2 unspecified atom stereocenters. The highest BCUT2D eigenvalue weighted by atomic mass is 19.4. The third-order valence-corrected chi connectivity index (χ3v) is 5.83. The average molecular weight is 448 g/mol. The number of benzene rings is 1. The lowest BCUT2D eigenvalue weighted by Crippen LogP contribution is -2.57. The van der Waals surface area contributed by atoms with Crippen LogP contribution in [0.4, 0.5) is 26.7 Å². The van der Waals surface area contributed by atoms with Crippen LogP contribution < -0.4 is 0 Å². The minimum atomic E-state index is -4.45. The summed E-state index contributed by atoms with van der Waals surface area (Å²) in [6.07, 6.45) is -5.47. The van der Waals surface area contributed by atoms with Crippen molar-refractivity contribution in [3.05, 3.63) is 35.4 Å². The fourth-order valence-corrected chi connectivity index (χ4v) is 4.41. The Balaban J connectivity index is 1.77. The molecule has 3 rings (SSSR count). The van der Waals surface area contributed by atoms with Gasteiger partial charge in [0.15, 0.2) is 0 Å². The Morgan fingerprint density at radius 2 is 1.68 bits per heavy atom. The van der Waals surface area contributed by atoms with E-state index >= 15 is 0 Å². The van der Waals surface area contributed by atoms with Gasteiger partial charge in [0.1, 0.15) is 5.60 Å². The van der Waals surface area contributed by atoms with Crippen molar-refractivity contribution >= 4 is 6.09 Å². The molecule has 1 aliphatic carbocycles. The van der Waals surface area contributed by atoms with Crippen LogP contribution in [0.15, 0.2) is 24.3 Å². The van der Waals surface area contributed by atoms with Gasteiger partial charge in [-0.05, 0) is 51.3 Å². The van der Waals surface area contributed by atoms with Gasteiger partial charge in [0.05, 0.1) is 5.56 Å². The van der Waals surface area contributed by atoms with Gasteiger partial charge < -0.3 is 9.64 Å². The predicted octanol–water partition coefficient (Wildman–Crippen LogP) is 5.73. The summed E-state index contributed by atoms with van der Waals surface area (Å²) in [5, 5.41) is 0. The van der Waals surface area contributed by atoms with Crippen LogP contribution in [0, 0.1) is 5.92 Å². The van der Waals surface area contributed by atoms with Gasteiger partial charge in [0.25, 0.3) is 0 Å². The van der Waals surface area contributed by atoms with E-state index in [2.05, 4.69) is 0 Å². The minimum Gasteiger partial charge on any atom is -0.444 e. The molecule has 0 spiro atoms. The van der Waals surface area contributed by atoms with Gasteiger partial charge in [-0.2, -0.15) is 13.2 Å². The number of hydrogen-bond acceptors (Lipinski definition) is 3. The van der Waals surface area contributed by atoms with Gasteiger partial charge >= 0.3 is 12.3 Å². The first-order valence-electron chi connectivity index (χ1n) is 10.4. The summed E-state index contributed by atoms with van der Waals surface area (Å²) in [4.78, 5) is 16.1. The average Bonchev–Trinajstić information content (AvgIpc) is 2.58. The highest BCUT2D eigenvalue weighted by Gasteiger charge is 2.51. The number of amides is 1. The van der Waals surface area contributed by atoms with E-state index in [1.165, 1.54) is 12.1 Å². The highest BCUT2D eigenvalue weighted by molar-refractivity contribution is 5.68. The number of ether oxygens (including phenoxy) is 1. The highest BCUT2D eigenvalue weighted by Crippen LogP contribution is 2.50. The van der Waals surface area contributed by atoms with Crippen molar-refractivity contribution in [2.75, 3.05) is 19.6 Å². The molecule has 2 atom stereocenters. The van der Waals surface area contributed by atoms with E-state index in [1.54, 1.807) is 25.7 Å². The van der Waals surface area contributed by atoms with Crippen molar-refractivity contribution in [1.82, 2.24) is 9.80 Å². The maximum absolute atomic E-state index is 13.6. The van der Waals surface area contributed by atoms with Crippen molar-refractivity contribution in [2.24, 2.45) is 5.92 Å². The van der Waals surface area contributed by atoms with Crippen molar-refractivity contribution in [3.63, 3.8) is 0 Å². The molecule has 31 heavy (non-hydrogen) atoms. The fraction of sp³-hybridized carbons (Fsp3) is 0.682. The maximum Gasteiger partial charge on any atom is 0.416 e. The Hall–Kier alpha value is -1.90. The van der Waals surface area contributed by atoms with E-state index in [4.69, 9.17) is 4.74 Å². The van der Waals surface area contributed by atoms with Gasteiger partial charge in [-0.1, -0.05) is 12.1 Å². The van der Waals surface area contributed by atoms with Crippen LogP contribution in [0.1, 0.15) is 57.7 Å². The molecule has 1 saturated heterocycles. The molecule has 9 heteroatoms. The van der Waals surface area contributed by atoms with Gasteiger partial charge in [-0.3, -0.25) is 4.90 Å². The second-order valence-electron chi connectivity index (χ2n) is 9.61. The lowest BCUT2D eigenvalue weighted by atomic mass is 9.73. The van der Waals surface area contributed by atoms with E-state index < -0.39 is 35.4 Å². The molecule has 1 amide bonds. The lowest BCUT2D eigenvalue weighted by Gasteiger charge is -2.49. The fourth-order valence-electron chi connectivity index (χ4n) is 4.41. The SMILES string of the molecule is CC1CN(C(c2ccc(C(F)(F)F)cc2)C2CC(F)(F)C2)CCN1C(=O)OC(C)(C)C. The molecule has 0 aromatic heterocycles. The van der Waals surface area contributed by atoms with Crippen LogP contribution >= 0.6 is 0 Å². The van der Waals surface area contributed by atoms with Crippen molar-refractivity contribution in [2.45, 2.75) is 70.3 Å². The standard InChI is InChI=1S/C22H29F5N2O2/c1-14-13-28(9-10-29(14)19(30)31-20(2,3)4)18(16-11-21(23,24)12-16)15-5-7-17(8-6-15)22(25,26)27/h5-8,14,16,18H,9-13H2,1-4H3. The summed E-state index contributed by atoms with van der Waals surface area (Å²) in [6.45, 7) is 8.41. The molecule has 2 fully saturated rings.